The molecule has 9 nitrogen and oxygen atoms in total. The van der Waals surface area contributed by atoms with Crippen molar-refractivity contribution in [2.45, 2.75) is 0 Å². The Bertz CT molecular complexity index is 637. The SMILES string of the molecule is CN(C)C=NNc1ccnc(-c2ccc([N+](=O)[O-])o2)n1. The van der Waals surface area contributed by atoms with E-state index in [4.69, 9.17) is 4.42 Å². The molecule has 0 unspecified atom stereocenters. The van der Waals surface area contributed by atoms with Crippen molar-refractivity contribution in [1.29, 1.82) is 0 Å². The van der Waals surface area contributed by atoms with Gasteiger partial charge in [-0.2, -0.15) is 5.10 Å². The average Bonchev–Trinajstić information content (AvgIpc) is 2.88. The van der Waals surface area contributed by atoms with Crippen LogP contribution < -0.4 is 5.43 Å². The third-order valence-corrected chi connectivity index (χ3v) is 2.12. The first-order valence-corrected chi connectivity index (χ1v) is 5.59. The number of aromatic nitrogens is 2. The van der Waals surface area contributed by atoms with E-state index in [-0.39, 0.29) is 17.5 Å². The van der Waals surface area contributed by atoms with Gasteiger partial charge in [0.05, 0.1) is 6.07 Å². The van der Waals surface area contributed by atoms with E-state index >= 15 is 0 Å². The molecule has 0 radical (unpaired) electrons. The molecule has 0 saturated carbocycles. The largest absolute Gasteiger partial charge is 0.433 e. The molecule has 2 heterocycles. The fraction of sp³-hybridized carbons (Fsp3) is 0.182. The van der Waals surface area contributed by atoms with Crippen LogP contribution in [0.4, 0.5) is 11.7 Å². The van der Waals surface area contributed by atoms with Crippen LogP contribution in [0.1, 0.15) is 0 Å². The van der Waals surface area contributed by atoms with E-state index in [0.717, 1.165) is 0 Å². The number of hydrazone groups is 1. The number of nitrogens with zero attached hydrogens (tertiary/aromatic N) is 5. The van der Waals surface area contributed by atoms with Gasteiger partial charge in [0.2, 0.25) is 0 Å². The second-order valence-corrected chi connectivity index (χ2v) is 3.98. The van der Waals surface area contributed by atoms with Crippen molar-refractivity contribution in [3.05, 3.63) is 34.5 Å². The number of anilines is 1. The van der Waals surface area contributed by atoms with Crippen LogP contribution in [0.3, 0.4) is 0 Å². The summed E-state index contributed by atoms with van der Waals surface area (Å²) in [5.74, 6) is 0.555. The van der Waals surface area contributed by atoms with Gasteiger partial charge in [0.25, 0.3) is 0 Å². The summed E-state index contributed by atoms with van der Waals surface area (Å²) in [5.41, 5.74) is 2.72. The van der Waals surface area contributed by atoms with Crippen LogP contribution in [0.5, 0.6) is 0 Å². The number of rotatable bonds is 5. The fourth-order valence-electron chi connectivity index (χ4n) is 1.30. The molecule has 0 fully saturated rings. The summed E-state index contributed by atoms with van der Waals surface area (Å²) in [7, 11) is 3.66. The van der Waals surface area contributed by atoms with Crippen LogP contribution in [0.2, 0.25) is 0 Å². The lowest BCUT2D eigenvalue weighted by molar-refractivity contribution is -0.401. The minimum atomic E-state index is -0.618. The molecular formula is C11H12N6O3. The summed E-state index contributed by atoms with van der Waals surface area (Å²) < 4.78 is 5.03. The Morgan fingerprint density at radius 3 is 2.90 bits per heavy atom. The highest BCUT2D eigenvalue weighted by molar-refractivity contribution is 5.56. The van der Waals surface area contributed by atoms with E-state index in [9.17, 15) is 10.1 Å². The normalized spacial score (nSPS) is 10.7. The maximum Gasteiger partial charge on any atom is 0.433 e. The minimum Gasteiger partial charge on any atom is -0.397 e. The van der Waals surface area contributed by atoms with Crippen LogP contribution in [0.15, 0.2) is 33.9 Å². The molecule has 0 spiro atoms. The summed E-state index contributed by atoms with van der Waals surface area (Å²) >= 11 is 0. The van der Waals surface area contributed by atoms with Gasteiger partial charge in [-0.1, -0.05) is 0 Å². The lowest BCUT2D eigenvalue weighted by Gasteiger charge is -2.03. The van der Waals surface area contributed by atoms with Crippen LogP contribution in [0.25, 0.3) is 11.6 Å². The summed E-state index contributed by atoms with van der Waals surface area (Å²) in [6, 6.07) is 4.32. The molecule has 104 valence electrons. The minimum absolute atomic E-state index is 0.219. The third kappa shape index (κ3) is 3.28. The van der Waals surface area contributed by atoms with E-state index in [1.54, 1.807) is 17.3 Å². The van der Waals surface area contributed by atoms with E-state index in [1.165, 1.54) is 18.3 Å². The summed E-state index contributed by atoms with van der Waals surface area (Å²) in [6.45, 7) is 0. The van der Waals surface area contributed by atoms with E-state index in [1.807, 2.05) is 14.1 Å². The van der Waals surface area contributed by atoms with Gasteiger partial charge in [-0.05, 0) is 6.07 Å². The van der Waals surface area contributed by atoms with Gasteiger partial charge in [-0.3, -0.25) is 15.5 Å². The molecule has 1 N–H and O–H groups in total. The van der Waals surface area contributed by atoms with Crippen molar-refractivity contribution >= 4 is 18.0 Å². The van der Waals surface area contributed by atoms with Gasteiger partial charge in [0, 0.05) is 26.4 Å². The molecule has 0 bridgehead atoms. The molecule has 9 heteroatoms. The van der Waals surface area contributed by atoms with E-state index in [2.05, 4.69) is 20.5 Å². The highest BCUT2D eigenvalue weighted by Crippen LogP contribution is 2.23. The standard InChI is InChI=1S/C11H12N6O3/c1-16(2)7-13-15-9-5-6-12-11(14-9)8-3-4-10(20-8)17(18)19/h3-7H,1-2H3,(H,12,14,15). The smallest absolute Gasteiger partial charge is 0.397 e. The third-order valence-electron chi connectivity index (χ3n) is 2.12. The topological polar surface area (TPSA) is 110 Å². The molecule has 0 aliphatic heterocycles. The van der Waals surface area contributed by atoms with Crippen molar-refractivity contribution < 1.29 is 9.34 Å². The first-order valence-electron chi connectivity index (χ1n) is 5.59. The van der Waals surface area contributed by atoms with E-state index in [0.29, 0.717) is 5.82 Å². The Kier molecular flexibility index (Phi) is 3.89. The van der Waals surface area contributed by atoms with Gasteiger partial charge in [-0.15, -0.1) is 0 Å². The number of hydrogen-bond donors (Lipinski definition) is 1. The van der Waals surface area contributed by atoms with Crippen LogP contribution in [-0.4, -0.2) is 40.2 Å². The maximum atomic E-state index is 10.6. The quantitative estimate of drug-likeness (QED) is 0.382. The zero-order valence-corrected chi connectivity index (χ0v) is 10.8. The lowest BCUT2D eigenvalue weighted by Crippen LogP contribution is -2.09. The molecule has 0 atom stereocenters. The van der Waals surface area contributed by atoms with Crippen molar-refractivity contribution in [2.75, 3.05) is 19.5 Å². The van der Waals surface area contributed by atoms with Crippen LogP contribution in [0, 0.1) is 10.1 Å². The van der Waals surface area contributed by atoms with Crippen LogP contribution >= 0.6 is 0 Å². The Balaban J connectivity index is 2.18. The predicted molar refractivity (Wildman–Crippen MR) is 72.2 cm³/mol. The Hall–Kier alpha value is -2.97. The number of nitro groups is 1. The van der Waals surface area contributed by atoms with Gasteiger partial charge in [0.1, 0.15) is 17.1 Å². The molecule has 0 aliphatic rings. The van der Waals surface area contributed by atoms with Crippen molar-refractivity contribution in [3.8, 4) is 11.6 Å². The highest BCUT2D eigenvalue weighted by atomic mass is 16.6. The molecule has 0 amide bonds. The van der Waals surface area contributed by atoms with Crippen molar-refractivity contribution in [1.82, 2.24) is 14.9 Å². The Morgan fingerprint density at radius 1 is 1.45 bits per heavy atom. The maximum absolute atomic E-state index is 10.6. The first-order chi connectivity index (χ1) is 9.56. The molecule has 0 aliphatic carbocycles. The van der Waals surface area contributed by atoms with Gasteiger partial charge in [0.15, 0.2) is 11.6 Å². The number of nitrogens with one attached hydrogen (secondary N) is 1. The molecule has 0 aromatic carbocycles. The predicted octanol–water partition coefficient (Wildman–Crippen LogP) is 1.56. The second-order valence-electron chi connectivity index (χ2n) is 3.98. The van der Waals surface area contributed by atoms with Crippen LogP contribution in [-0.2, 0) is 0 Å². The average molecular weight is 276 g/mol. The molecule has 2 rings (SSSR count). The van der Waals surface area contributed by atoms with Crippen molar-refractivity contribution in [2.24, 2.45) is 5.10 Å². The molecule has 2 aromatic rings. The Morgan fingerprint density at radius 2 is 2.25 bits per heavy atom. The lowest BCUT2D eigenvalue weighted by atomic mass is 10.4. The zero-order chi connectivity index (χ0) is 14.5. The fourth-order valence-corrected chi connectivity index (χ4v) is 1.30. The molecular weight excluding hydrogens is 264 g/mol. The first kappa shape index (κ1) is 13.5. The van der Waals surface area contributed by atoms with Crippen molar-refractivity contribution in [3.63, 3.8) is 0 Å². The van der Waals surface area contributed by atoms with Gasteiger partial charge < -0.3 is 9.32 Å². The second kappa shape index (κ2) is 5.78. The molecule has 20 heavy (non-hydrogen) atoms. The summed E-state index contributed by atoms with van der Waals surface area (Å²) in [6.07, 6.45) is 3.07. The molecule has 0 saturated heterocycles. The Labute approximate surface area is 114 Å². The number of hydrogen-bond acceptors (Lipinski definition) is 7. The summed E-state index contributed by atoms with van der Waals surface area (Å²) in [4.78, 5) is 19.8. The molecule has 2 aromatic heterocycles. The number of furan rings is 1. The monoisotopic (exact) mass is 276 g/mol. The zero-order valence-electron chi connectivity index (χ0n) is 10.8. The van der Waals surface area contributed by atoms with Gasteiger partial charge in [-0.25, -0.2) is 9.97 Å². The summed E-state index contributed by atoms with van der Waals surface area (Å²) in [5, 5.41) is 14.5. The highest BCUT2D eigenvalue weighted by Gasteiger charge is 2.14. The van der Waals surface area contributed by atoms with Gasteiger partial charge >= 0.3 is 5.88 Å². The van der Waals surface area contributed by atoms with E-state index < -0.39 is 4.92 Å².